The molecule has 102 valence electrons. The van der Waals surface area contributed by atoms with Gasteiger partial charge in [0, 0.05) is 6.07 Å². The Balaban J connectivity index is 3.37. The minimum absolute atomic E-state index is 0.0796. The van der Waals surface area contributed by atoms with Crippen molar-refractivity contribution in [3.63, 3.8) is 0 Å². The van der Waals surface area contributed by atoms with E-state index in [0.29, 0.717) is 0 Å². The molecule has 0 aliphatic heterocycles. The fraction of sp³-hybridized carbons (Fsp3) is 0.385. The summed E-state index contributed by atoms with van der Waals surface area (Å²) in [5.41, 5.74) is 0.561. The maximum absolute atomic E-state index is 11.8. The van der Waals surface area contributed by atoms with E-state index < -0.39 is 22.6 Å². The fourth-order valence-corrected chi connectivity index (χ4v) is 1.81. The number of Topliss-reactive ketones (excluding diaryl/α,β-unsaturated/α-hetero) is 1. The van der Waals surface area contributed by atoms with E-state index >= 15 is 0 Å². The minimum atomic E-state index is -1.25. The second-order valence-electron chi connectivity index (χ2n) is 4.12. The SMILES string of the molecule is CCOC(=O)C(C(C)=O)c1cc(C)ccc1[N+](=O)[O-]. The second-order valence-corrected chi connectivity index (χ2v) is 4.12. The Labute approximate surface area is 110 Å². The molecule has 1 aromatic carbocycles. The van der Waals surface area contributed by atoms with Crippen LogP contribution in [0.1, 0.15) is 30.9 Å². The highest BCUT2D eigenvalue weighted by atomic mass is 16.6. The largest absolute Gasteiger partial charge is 0.465 e. The van der Waals surface area contributed by atoms with E-state index in [-0.39, 0.29) is 17.9 Å². The zero-order valence-electron chi connectivity index (χ0n) is 11.0. The van der Waals surface area contributed by atoms with Gasteiger partial charge in [-0.1, -0.05) is 11.6 Å². The topological polar surface area (TPSA) is 86.5 Å². The lowest BCUT2D eigenvalue weighted by atomic mass is 9.92. The Morgan fingerprint density at radius 3 is 2.53 bits per heavy atom. The number of benzene rings is 1. The number of nitro benzene ring substituents is 1. The summed E-state index contributed by atoms with van der Waals surface area (Å²) in [7, 11) is 0. The first-order valence-electron chi connectivity index (χ1n) is 5.80. The van der Waals surface area contributed by atoms with Crippen LogP contribution in [0.5, 0.6) is 0 Å². The molecule has 1 atom stereocenters. The van der Waals surface area contributed by atoms with Crippen LogP contribution < -0.4 is 0 Å². The van der Waals surface area contributed by atoms with Gasteiger partial charge < -0.3 is 4.74 Å². The molecule has 6 nitrogen and oxygen atoms in total. The molecule has 1 aromatic rings. The number of rotatable bonds is 5. The van der Waals surface area contributed by atoms with Crippen LogP contribution in [0.2, 0.25) is 0 Å². The van der Waals surface area contributed by atoms with E-state index in [4.69, 9.17) is 4.74 Å². The second kappa shape index (κ2) is 6.08. The van der Waals surface area contributed by atoms with Crippen LogP contribution in [0.25, 0.3) is 0 Å². The third kappa shape index (κ3) is 3.37. The van der Waals surface area contributed by atoms with Crippen molar-refractivity contribution in [3.8, 4) is 0 Å². The van der Waals surface area contributed by atoms with Gasteiger partial charge in [0.1, 0.15) is 11.7 Å². The molecule has 0 fully saturated rings. The minimum Gasteiger partial charge on any atom is -0.465 e. The number of aryl methyl sites for hydroxylation is 1. The number of ketones is 1. The molecule has 0 radical (unpaired) electrons. The van der Waals surface area contributed by atoms with Gasteiger partial charge in [-0.25, -0.2) is 0 Å². The maximum atomic E-state index is 11.8. The van der Waals surface area contributed by atoms with Crippen molar-refractivity contribution in [3.05, 3.63) is 39.4 Å². The Hall–Kier alpha value is -2.24. The molecule has 1 unspecified atom stereocenters. The average Bonchev–Trinajstić information content (AvgIpc) is 2.28. The molecule has 0 aliphatic rings. The molecule has 0 amide bonds. The lowest BCUT2D eigenvalue weighted by molar-refractivity contribution is -0.385. The van der Waals surface area contributed by atoms with E-state index in [9.17, 15) is 19.7 Å². The van der Waals surface area contributed by atoms with E-state index in [2.05, 4.69) is 0 Å². The zero-order chi connectivity index (χ0) is 14.6. The highest BCUT2D eigenvalue weighted by Crippen LogP contribution is 2.29. The summed E-state index contributed by atoms with van der Waals surface area (Å²) >= 11 is 0. The van der Waals surface area contributed by atoms with Gasteiger partial charge in [0.25, 0.3) is 5.69 Å². The molecule has 1 rings (SSSR count). The van der Waals surface area contributed by atoms with Crippen LogP contribution in [0.4, 0.5) is 5.69 Å². The molecule has 0 aliphatic carbocycles. The van der Waals surface area contributed by atoms with Crippen LogP contribution in [-0.2, 0) is 14.3 Å². The van der Waals surface area contributed by atoms with Gasteiger partial charge in [-0.3, -0.25) is 19.7 Å². The molecule has 0 spiro atoms. The summed E-state index contributed by atoms with van der Waals surface area (Å²) < 4.78 is 4.81. The highest BCUT2D eigenvalue weighted by molar-refractivity contribution is 6.04. The van der Waals surface area contributed by atoms with Crippen LogP contribution in [0.15, 0.2) is 18.2 Å². The summed E-state index contributed by atoms with van der Waals surface area (Å²) in [5.74, 6) is -2.49. The molecule has 0 N–H and O–H groups in total. The van der Waals surface area contributed by atoms with Crippen LogP contribution >= 0.6 is 0 Å². The van der Waals surface area contributed by atoms with Crippen molar-refractivity contribution in [2.24, 2.45) is 0 Å². The predicted octanol–water partition coefficient (Wildman–Crippen LogP) is 2.14. The summed E-state index contributed by atoms with van der Waals surface area (Å²) in [6.07, 6.45) is 0. The molecule has 0 bridgehead atoms. The van der Waals surface area contributed by atoms with Crippen molar-refractivity contribution in [2.45, 2.75) is 26.7 Å². The first-order chi connectivity index (χ1) is 8.88. The zero-order valence-corrected chi connectivity index (χ0v) is 11.0. The van der Waals surface area contributed by atoms with E-state index in [0.717, 1.165) is 5.56 Å². The normalized spacial score (nSPS) is 11.7. The summed E-state index contributed by atoms with van der Waals surface area (Å²) in [4.78, 5) is 33.8. The number of ether oxygens (including phenoxy) is 1. The van der Waals surface area contributed by atoms with E-state index in [1.165, 1.54) is 19.1 Å². The molecule has 0 saturated carbocycles. The monoisotopic (exact) mass is 265 g/mol. The first kappa shape index (κ1) is 14.8. The average molecular weight is 265 g/mol. The maximum Gasteiger partial charge on any atom is 0.321 e. The number of carbonyl (C=O) groups is 2. The molecule has 19 heavy (non-hydrogen) atoms. The predicted molar refractivity (Wildman–Crippen MR) is 67.9 cm³/mol. The quantitative estimate of drug-likeness (QED) is 0.352. The van der Waals surface area contributed by atoms with Crippen LogP contribution in [-0.4, -0.2) is 23.3 Å². The smallest absolute Gasteiger partial charge is 0.321 e. The van der Waals surface area contributed by atoms with Crippen molar-refractivity contribution in [2.75, 3.05) is 6.61 Å². The van der Waals surface area contributed by atoms with E-state index in [1.807, 2.05) is 0 Å². The lowest BCUT2D eigenvalue weighted by Gasteiger charge is -2.13. The summed E-state index contributed by atoms with van der Waals surface area (Å²) in [6, 6.07) is 4.32. The number of carbonyl (C=O) groups excluding carboxylic acids is 2. The van der Waals surface area contributed by atoms with Gasteiger partial charge in [-0.05, 0) is 26.8 Å². The molecular formula is C13H15NO5. The Morgan fingerprint density at radius 2 is 2.05 bits per heavy atom. The Bertz CT molecular complexity index is 524. The molecule has 0 aromatic heterocycles. The van der Waals surface area contributed by atoms with Gasteiger partial charge in [0.15, 0.2) is 0 Å². The van der Waals surface area contributed by atoms with Crippen molar-refractivity contribution in [1.82, 2.24) is 0 Å². The summed E-state index contributed by atoms with van der Waals surface area (Å²) in [5, 5.41) is 11.0. The van der Waals surface area contributed by atoms with Gasteiger partial charge in [0.05, 0.1) is 17.1 Å². The van der Waals surface area contributed by atoms with Gasteiger partial charge in [-0.2, -0.15) is 0 Å². The Kier molecular flexibility index (Phi) is 4.74. The number of esters is 1. The van der Waals surface area contributed by atoms with Crippen LogP contribution in [0, 0.1) is 17.0 Å². The fourth-order valence-electron chi connectivity index (χ4n) is 1.81. The van der Waals surface area contributed by atoms with Crippen molar-refractivity contribution in [1.29, 1.82) is 0 Å². The summed E-state index contributed by atoms with van der Waals surface area (Å²) in [6.45, 7) is 4.67. The molecule has 0 saturated heterocycles. The van der Waals surface area contributed by atoms with Crippen LogP contribution in [0.3, 0.4) is 0 Å². The molecule has 6 heteroatoms. The van der Waals surface area contributed by atoms with Crippen molar-refractivity contribution < 1.29 is 19.2 Å². The third-order valence-electron chi connectivity index (χ3n) is 2.62. The number of nitro groups is 1. The molecule has 0 heterocycles. The lowest BCUT2D eigenvalue weighted by Crippen LogP contribution is -2.23. The van der Waals surface area contributed by atoms with Crippen molar-refractivity contribution >= 4 is 17.4 Å². The third-order valence-corrected chi connectivity index (χ3v) is 2.62. The number of hydrogen-bond donors (Lipinski definition) is 0. The number of hydrogen-bond acceptors (Lipinski definition) is 5. The van der Waals surface area contributed by atoms with Gasteiger partial charge in [0.2, 0.25) is 0 Å². The number of nitrogens with zero attached hydrogens (tertiary/aromatic N) is 1. The highest BCUT2D eigenvalue weighted by Gasteiger charge is 2.32. The molecular weight excluding hydrogens is 250 g/mol. The van der Waals surface area contributed by atoms with Gasteiger partial charge in [-0.15, -0.1) is 0 Å². The first-order valence-corrected chi connectivity index (χ1v) is 5.80. The standard InChI is InChI=1S/C13H15NO5/c1-4-19-13(16)12(9(3)15)10-7-8(2)5-6-11(10)14(17)18/h5-7,12H,4H2,1-3H3. The van der Waals surface area contributed by atoms with Gasteiger partial charge >= 0.3 is 5.97 Å². The Morgan fingerprint density at radius 1 is 1.42 bits per heavy atom. The van der Waals surface area contributed by atoms with E-state index in [1.54, 1.807) is 19.9 Å².